The number of carbonyl (C=O) groups excluding carboxylic acids is 1. The van der Waals surface area contributed by atoms with Crippen LogP contribution in [0.5, 0.6) is 11.5 Å². The van der Waals surface area contributed by atoms with Gasteiger partial charge in [0.2, 0.25) is 10.0 Å². The molecule has 0 saturated carbocycles. The summed E-state index contributed by atoms with van der Waals surface area (Å²) in [5, 5.41) is 0. The van der Waals surface area contributed by atoms with Crippen LogP contribution in [0.3, 0.4) is 0 Å². The van der Waals surface area contributed by atoms with Crippen LogP contribution in [0.15, 0.2) is 59.5 Å². The number of para-hydroxylation sites is 1. The van der Waals surface area contributed by atoms with Gasteiger partial charge >= 0.3 is 5.97 Å². The second-order valence-corrected chi connectivity index (χ2v) is 6.05. The van der Waals surface area contributed by atoms with Crippen molar-refractivity contribution in [2.24, 2.45) is 0 Å². The number of rotatable bonds is 6. The van der Waals surface area contributed by atoms with Crippen LogP contribution in [0.2, 0.25) is 0 Å². The van der Waals surface area contributed by atoms with Crippen LogP contribution in [0.4, 0.5) is 0 Å². The average molecular weight is 321 g/mol. The van der Waals surface area contributed by atoms with Gasteiger partial charge in [0.05, 0.1) is 12.0 Å². The summed E-state index contributed by atoms with van der Waals surface area (Å²) in [6.45, 7) is -0.416. The van der Waals surface area contributed by atoms with Crippen LogP contribution in [0, 0.1) is 0 Å². The molecule has 7 heteroatoms. The molecule has 0 fully saturated rings. The Balaban J connectivity index is 2.06. The van der Waals surface area contributed by atoms with E-state index in [0.29, 0.717) is 11.5 Å². The molecule has 0 heterocycles. The molecule has 0 aliphatic carbocycles. The van der Waals surface area contributed by atoms with Crippen LogP contribution in [0.1, 0.15) is 0 Å². The van der Waals surface area contributed by atoms with E-state index in [0.717, 1.165) is 0 Å². The topological polar surface area (TPSA) is 81.7 Å². The van der Waals surface area contributed by atoms with E-state index in [1.165, 1.54) is 19.2 Å². The Hall–Kier alpha value is -2.38. The van der Waals surface area contributed by atoms with E-state index < -0.39 is 22.5 Å². The number of nitrogens with one attached hydrogen (secondary N) is 1. The van der Waals surface area contributed by atoms with Crippen molar-refractivity contribution >= 4 is 16.0 Å². The largest absolute Gasteiger partial charge is 0.468 e. The average Bonchev–Trinajstić information content (AvgIpc) is 2.54. The lowest BCUT2D eigenvalue weighted by Gasteiger charge is -2.08. The summed E-state index contributed by atoms with van der Waals surface area (Å²) < 4.78 is 36.0. The lowest BCUT2D eigenvalue weighted by Crippen LogP contribution is -2.30. The smallest absolute Gasteiger partial charge is 0.320 e. The summed E-state index contributed by atoms with van der Waals surface area (Å²) in [5.74, 6) is 0.507. The molecular formula is C15H15NO5S. The molecule has 22 heavy (non-hydrogen) atoms. The van der Waals surface area contributed by atoms with E-state index in [9.17, 15) is 13.2 Å². The van der Waals surface area contributed by atoms with Gasteiger partial charge in [0.15, 0.2) is 0 Å². The molecule has 6 nitrogen and oxygen atoms in total. The second-order valence-electron chi connectivity index (χ2n) is 4.29. The van der Waals surface area contributed by atoms with Crippen LogP contribution in [0.25, 0.3) is 0 Å². The lowest BCUT2D eigenvalue weighted by atomic mass is 10.3. The van der Waals surface area contributed by atoms with Gasteiger partial charge in [-0.05, 0) is 36.4 Å². The lowest BCUT2D eigenvalue weighted by molar-refractivity contribution is -0.139. The quantitative estimate of drug-likeness (QED) is 0.822. The van der Waals surface area contributed by atoms with Gasteiger partial charge in [-0.25, -0.2) is 8.42 Å². The second kappa shape index (κ2) is 7.06. The van der Waals surface area contributed by atoms with Crippen molar-refractivity contribution in [3.63, 3.8) is 0 Å². The third-order valence-electron chi connectivity index (χ3n) is 2.75. The van der Waals surface area contributed by atoms with Crippen molar-refractivity contribution in [3.05, 3.63) is 54.6 Å². The summed E-state index contributed by atoms with van der Waals surface area (Å²) in [4.78, 5) is 11.0. The zero-order valence-electron chi connectivity index (χ0n) is 11.9. The molecule has 1 N–H and O–H groups in total. The number of hydrogen-bond donors (Lipinski definition) is 1. The molecule has 0 aliphatic heterocycles. The van der Waals surface area contributed by atoms with Crippen molar-refractivity contribution in [2.75, 3.05) is 13.7 Å². The molecule has 0 spiro atoms. The van der Waals surface area contributed by atoms with E-state index in [4.69, 9.17) is 4.74 Å². The Morgan fingerprint density at radius 1 is 1.00 bits per heavy atom. The Bertz CT molecular complexity index is 726. The number of hydrogen-bond acceptors (Lipinski definition) is 5. The first-order valence-corrected chi connectivity index (χ1v) is 7.89. The van der Waals surface area contributed by atoms with E-state index in [1.807, 2.05) is 18.2 Å². The molecule has 0 aliphatic rings. The molecule has 2 rings (SSSR count). The van der Waals surface area contributed by atoms with Crippen LogP contribution < -0.4 is 9.46 Å². The van der Waals surface area contributed by atoms with Crippen LogP contribution in [-0.4, -0.2) is 28.0 Å². The number of benzene rings is 2. The number of ether oxygens (including phenoxy) is 2. The summed E-state index contributed by atoms with van der Waals surface area (Å²) in [6, 6.07) is 15.0. The fourth-order valence-electron chi connectivity index (χ4n) is 1.62. The SMILES string of the molecule is COC(=O)CNS(=O)(=O)c1ccc(Oc2ccccc2)cc1. The van der Waals surface area contributed by atoms with Gasteiger partial charge in [-0.15, -0.1) is 0 Å². The van der Waals surface area contributed by atoms with Crippen molar-refractivity contribution in [3.8, 4) is 11.5 Å². The summed E-state index contributed by atoms with van der Waals surface area (Å²) in [5.41, 5.74) is 0. The van der Waals surface area contributed by atoms with Gasteiger partial charge < -0.3 is 9.47 Å². The minimum absolute atomic E-state index is 0.0387. The third-order valence-corrected chi connectivity index (χ3v) is 4.16. The summed E-state index contributed by atoms with van der Waals surface area (Å²) in [6.07, 6.45) is 0. The first-order valence-electron chi connectivity index (χ1n) is 6.41. The van der Waals surface area contributed by atoms with Gasteiger partial charge in [0.1, 0.15) is 18.0 Å². The van der Waals surface area contributed by atoms with Crippen molar-refractivity contribution in [1.29, 1.82) is 0 Å². The molecular weight excluding hydrogens is 306 g/mol. The van der Waals surface area contributed by atoms with Crippen molar-refractivity contribution in [2.45, 2.75) is 4.90 Å². The van der Waals surface area contributed by atoms with E-state index in [-0.39, 0.29) is 4.90 Å². The Kier molecular flexibility index (Phi) is 5.13. The Labute approximate surface area is 128 Å². The molecule has 0 radical (unpaired) electrons. The van der Waals surface area contributed by atoms with E-state index in [1.54, 1.807) is 24.3 Å². The van der Waals surface area contributed by atoms with Gasteiger partial charge in [-0.1, -0.05) is 18.2 Å². The highest BCUT2D eigenvalue weighted by molar-refractivity contribution is 7.89. The Morgan fingerprint density at radius 3 is 2.18 bits per heavy atom. The monoisotopic (exact) mass is 321 g/mol. The minimum atomic E-state index is -3.76. The highest BCUT2D eigenvalue weighted by Crippen LogP contribution is 2.22. The number of sulfonamides is 1. The zero-order valence-corrected chi connectivity index (χ0v) is 12.7. The van der Waals surface area contributed by atoms with Gasteiger partial charge in [-0.2, -0.15) is 4.72 Å². The fraction of sp³-hybridized carbons (Fsp3) is 0.133. The van der Waals surface area contributed by atoms with E-state index >= 15 is 0 Å². The van der Waals surface area contributed by atoms with Crippen LogP contribution >= 0.6 is 0 Å². The predicted molar refractivity (Wildman–Crippen MR) is 80.2 cm³/mol. The molecule has 2 aromatic carbocycles. The highest BCUT2D eigenvalue weighted by atomic mass is 32.2. The molecule has 0 atom stereocenters. The predicted octanol–water partition coefficient (Wildman–Crippen LogP) is 1.93. The maximum atomic E-state index is 12.0. The highest BCUT2D eigenvalue weighted by Gasteiger charge is 2.15. The molecule has 2 aromatic rings. The number of methoxy groups -OCH3 is 1. The standard InChI is InChI=1S/C15H15NO5S/c1-20-15(17)11-16-22(18,19)14-9-7-13(8-10-14)21-12-5-3-2-4-6-12/h2-10,16H,11H2,1H3. The summed E-state index contributed by atoms with van der Waals surface area (Å²) in [7, 11) is -2.57. The van der Waals surface area contributed by atoms with E-state index in [2.05, 4.69) is 9.46 Å². The zero-order chi connectivity index (χ0) is 16.0. The van der Waals surface area contributed by atoms with Gasteiger partial charge in [0.25, 0.3) is 0 Å². The first kappa shape index (κ1) is 16.0. The van der Waals surface area contributed by atoms with Crippen molar-refractivity contribution in [1.82, 2.24) is 4.72 Å². The normalized spacial score (nSPS) is 11.0. The molecule has 0 aromatic heterocycles. The van der Waals surface area contributed by atoms with Crippen molar-refractivity contribution < 1.29 is 22.7 Å². The summed E-state index contributed by atoms with van der Waals surface area (Å²) >= 11 is 0. The van der Waals surface area contributed by atoms with Gasteiger partial charge in [0, 0.05) is 0 Å². The number of esters is 1. The molecule has 0 unspecified atom stereocenters. The first-order chi connectivity index (χ1) is 10.5. The maximum Gasteiger partial charge on any atom is 0.320 e. The maximum absolute atomic E-state index is 12.0. The molecule has 0 amide bonds. The third kappa shape index (κ3) is 4.31. The Morgan fingerprint density at radius 2 is 1.59 bits per heavy atom. The molecule has 0 bridgehead atoms. The van der Waals surface area contributed by atoms with Crippen LogP contribution in [-0.2, 0) is 19.6 Å². The molecule has 116 valence electrons. The minimum Gasteiger partial charge on any atom is -0.468 e. The molecule has 0 saturated heterocycles. The van der Waals surface area contributed by atoms with Gasteiger partial charge in [-0.3, -0.25) is 4.79 Å². The fourth-order valence-corrected chi connectivity index (χ4v) is 2.59. The number of carbonyl (C=O) groups is 1.